The summed E-state index contributed by atoms with van der Waals surface area (Å²) in [6, 6.07) is 9.49. The number of carbonyl (C=O) groups excluding carboxylic acids is 1. The number of hydrogen-bond donors (Lipinski definition) is 1. The van der Waals surface area contributed by atoms with E-state index in [4.69, 9.17) is 4.74 Å². The summed E-state index contributed by atoms with van der Waals surface area (Å²) in [6.07, 6.45) is 3.41. The van der Waals surface area contributed by atoms with Crippen LogP contribution in [0.15, 0.2) is 48.1 Å². The van der Waals surface area contributed by atoms with E-state index in [1.165, 1.54) is 11.3 Å². The van der Waals surface area contributed by atoms with Gasteiger partial charge in [0.05, 0.1) is 31.2 Å². The van der Waals surface area contributed by atoms with Crippen molar-refractivity contribution in [3.05, 3.63) is 58.5 Å². The van der Waals surface area contributed by atoms with Gasteiger partial charge >= 0.3 is 0 Å². The number of amides is 1. The van der Waals surface area contributed by atoms with E-state index in [9.17, 15) is 4.79 Å². The number of aromatic nitrogens is 3. The first-order valence-electron chi connectivity index (χ1n) is 7.08. The lowest BCUT2D eigenvalue weighted by Crippen LogP contribution is -2.26. The molecular formula is C16H16N4O2S. The molecule has 3 aromatic rings. The smallest absolute Gasteiger partial charge is 0.265 e. The summed E-state index contributed by atoms with van der Waals surface area (Å²) in [5.41, 5.74) is 1.93. The quantitative estimate of drug-likeness (QED) is 0.782. The van der Waals surface area contributed by atoms with Gasteiger partial charge in [0.1, 0.15) is 10.6 Å². The first kappa shape index (κ1) is 15.2. The Bertz CT molecular complexity index is 781. The maximum atomic E-state index is 12.3. The Morgan fingerprint density at radius 1 is 1.30 bits per heavy atom. The number of nitrogens with one attached hydrogen (secondary N) is 1. The Balaban J connectivity index is 1.71. The molecule has 0 saturated heterocycles. The van der Waals surface area contributed by atoms with Crippen LogP contribution in [-0.2, 0) is 0 Å². The number of nitrogens with zero attached hydrogens (tertiary/aromatic N) is 3. The van der Waals surface area contributed by atoms with Gasteiger partial charge in [0, 0.05) is 0 Å². The Hall–Kier alpha value is -2.67. The van der Waals surface area contributed by atoms with E-state index in [-0.39, 0.29) is 11.9 Å². The van der Waals surface area contributed by atoms with Crippen LogP contribution < -0.4 is 10.1 Å². The van der Waals surface area contributed by atoms with Crippen molar-refractivity contribution in [1.29, 1.82) is 0 Å². The predicted octanol–water partition coefficient (Wildman–Crippen LogP) is 2.83. The second kappa shape index (κ2) is 6.62. The molecule has 7 heteroatoms. The van der Waals surface area contributed by atoms with Crippen LogP contribution in [0.2, 0.25) is 0 Å². The van der Waals surface area contributed by atoms with Crippen LogP contribution in [0.5, 0.6) is 5.75 Å². The van der Waals surface area contributed by atoms with E-state index in [0.717, 1.165) is 11.3 Å². The molecule has 6 nitrogen and oxygen atoms in total. The molecule has 0 bridgehead atoms. The zero-order valence-corrected chi connectivity index (χ0v) is 13.6. The Labute approximate surface area is 137 Å². The molecule has 0 aliphatic rings. The van der Waals surface area contributed by atoms with E-state index in [1.54, 1.807) is 30.3 Å². The van der Waals surface area contributed by atoms with Crippen molar-refractivity contribution in [3.8, 4) is 11.4 Å². The highest BCUT2D eigenvalue weighted by molar-refractivity contribution is 7.12. The molecule has 23 heavy (non-hydrogen) atoms. The van der Waals surface area contributed by atoms with Gasteiger partial charge in [-0.15, -0.1) is 16.4 Å². The highest BCUT2D eigenvalue weighted by atomic mass is 32.1. The van der Waals surface area contributed by atoms with Crippen molar-refractivity contribution in [2.24, 2.45) is 0 Å². The minimum Gasteiger partial charge on any atom is -0.495 e. The lowest BCUT2D eigenvalue weighted by molar-refractivity contribution is 0.0941. The molecule has 1 atom stereocenters. The molecule has 1 aromatic carbocycles. The van der Waals surface area contributed by atoms with E-state index in [2.05, 4.69) is 15.6 Å². The van der Waals surface area contributed by atoms with Crippen molar-refractivity contribution in [2.45, 2.75) is 13.0 Å². The van der Waals surface area contributed by atoms with Crippen LogP contribution in [0, 0.1) is 0 Å². The summed E-state index contributed by atoms with van der Waals surface area (Å²) in [5, 5.41) is 12.6. The van der Waals surface area contributed by atoms with Crippen LogP contribution in [0.3, 0.4) is 0 Å². The molecule has 0 radical (unpaired) electrons. The van der Waals surface area contributed by atoms with E-state index in [0.29, 0.717) is 10.6 Å². The van der Waals surface area contributed by atoms with Gasteiger partial charge in [0.25, 0.3) is 5.91 Å². The number of thiophene rings is 1. The number of carbonyl (C=O) groups is 1. The molecule has 0 spiro atoms. The molecule has 2 aromatic heterocycles. The summed E-state index contributed by atoms with van der Waals surface area (Å²) in [7, 11) is 1.56. The van der Waals surface area contributed by atoms with E-state index in [1.807, 2.05) is 36.6 Å². The van der Waals surface area contributed by atoms with Gasteiger partial charge in [-0.05, 0) is 36.1 Å². The van der Waals surface area contributed by atoms with Gasteiger partial charge < -0.3 is 10.1 Å². The van der Waals surface area contributed by atoms with Gasteiger partial charge in [-0.2, -0.15) is 0 Å². The highest BCUT2D eigenvalue weighted by Gasteiger charge is 2.16. The third-order valence-corrected chi connectivity index (χ3v) is 4.38. The van der Waals surface area contributed by atoms with Gasteiger partial charge in [0.15, 0.2) is 0 Å². The molecule has 1 amide bonds. The van der Waals surface area contributed by atoms with Crippen LogP contribution in [0.1, 0.15) is 28.2 Å². The van der Waals surface area contributed by atoms with Gasteiger partial charge in [0.2, 0.25) is 0 Å². The zero-order chi connectivity index (χ0) is 16.2. The van der Waals surface area contributed by atoms with Crippen LogP contribution >= 0.6 is 11.3 Å². The number of benzene rings is 1. The summed E-state index contributed by atoms with van der Waals surface area (Å²) in [6.45, 7) is 1.95. The minimum atomic E-state index is -0.135. The van der Waals surface area contributed by atoms with Crippen LogP contribution in [-0.4, -0.2) is 28.0 Å². The molecular weight excluding hydrogens is 312 g/mol. The van der Waals surface area contributed by atoms with E-state index >= 15 is 0 Å². The molecule has 2 heterocycles. The number of ether oxygens (including phenoxy) is 1. The SMILES string of the molecule is COc1ccsc1C(=O)NC(C)c1ccc(-n2ccnn2)cc1. The fourth-order valence-corrected chi connectivity index (χ4v) is 2.99. The zero-order valence-electron chi connectivity index (χ0n) is 12.8. The normalized spacial score (nSPS) is 11.9. The third-order valence-electron chi connectivity index (χ3n) is 3.48. The maximum Gasteiger partial charge on any atom is 0.265 e. The second-order valence-electron chi connectivity index (χ2n) is 4.95. The van der Waals surface area contributed by atoms with Gasteiger partial charge in [-0.1, -0.05) is 17.3 Å². The lowest BCUT2D eigenvalue weighted by atomic mass is 10.1. The molecule has 118 valence electrons. The minimum absolute atomic E-state index is 0.112. The molecule has 0 aliphatic carbocycles. The molecule has 0 saturated carbocycles. The van der Waals surface area contributed by atoms with Crippen molar-refractivity contribution in [2.75, 3.05) is 7.11 Å². The summed E-state index contributed by atoms with van der Waals surface area (Å²) in [5.74, 6) is 0.464. The standard InChI is InChI=1S/C16H16N4O2S/c1-11(18-16(21)15-14(22-2)7-10-23-15)12-3-5-13(6-4-12)20-9-8-17-19-20/h3-11H,1-2H3,(H,18,21). The molecule has 1 unspecified atom stereocenters. The molecule has 3 rings (SSSR count). The third kappa shape index (κ3) is 3.24. The first-order valence-corrected chi connectivity index (χ1v) is 7.96. The van der Waals surface area contributed by atoms with Crippen molar-refractivity contribution in [1.82, 2.24) is 20.3 Å². The predicted molar refractivity (Wildman–Crippen MR) is 88.1 cm³/mol. The highest BCUT2D eigenvalue weighted by Crippen LogP contribution is 2.25. The van der Waals surface area contributed by atoms with Crippen molar-refractivity contribution >= 4 is 17.2 Å². The fourth-order valence-electron chi connectivity index (χ4n) is 2.23. The summed E-state index contributed by atoms with van der Waals surface area (Å²) < 4.78 is 6.87. The van der Waals surface area contributed by atoms with Crippen molar-refractivity contribution < 1.29 is 9.53 Å². The Morgan fingerprint density at radius 2 is 2.09 bits per heavy atom. The molecule has 0 fully saturated rings. The Kier molecular flexibility index (Phi) is 4.38. The average molecular weight is 328 g/mol. The topological polar surface area (TPSA) is 69.0 Å². The Morgan fingerprint density at radius 3 is 2.74 bits per heavy atom. The summed E-state index contributed by atoms with van der Waals surface area (Å²) >= 11 is 1.36. The van der Waals surface area contributed by atoms with Gasteiger partial charge in [-0.3, -0.25) is 4.79 Å². The number of hydrogen-bond acceptors (Lipinski definition) is 5. The van der Waals surface area contributed by atoms with Gasteiger partial charge in [-0.25, -0.2) is 4.68 Å². The largest absolute Gasteiger partial charge is 0.495 e. The monoisotopic (exact) mass is 328 g/mol. The van der Waals surface area contributed by atoms with Crippen molar-refractivity contribution in [3.63, 3.8) is 0 Å². The first-order chi connectivity index (χ1) is 11.2. The van der Waals surface area contributed by atoms with E-state index < -0.39 is 0 Å². The molecule has 0 aliphatic heterocycles. The maximum absolute atomic E-state index is 12.3. The fraction of sp³-hybridized carbons (Fsp3) is 0.188. The second-order valence-corrected chi connectivity index (χ2v) is 5.87. The van der Waals surface area contributed by atoms with Crippen LogP contribution in [0.4, 0.5) is 0 Å². The summed E-state index contributed by atoms with van der Waals surface area (Å²) in [4.78, 5) is 12.9. The average Bonchev–Trinajstić information content (AvgIpc) is 3.26. The number of rotatable bonds is 5. The number of methoxy groups -OCH3 is 1. The molecule has 1 N–H and O–H groups in total. The van der Waals surface area contributed by atoms with Crippen LogP contribution in [0.25, 0.3) is 5.69 Å². The lowest BCUT2D eigenvalue weighted by Gasteiger charge is -2.14.